The number of carbonyl (C=O) groups excluding carboxylic acids is 1. The summed E-state index contributed by atoms with van der Waals surface area (Å²) in [6.45, 7) is 5.81. The summed E-state index contributed by atoms with van der Waals surface area (Å²) < 4.78 is 1.67. The third-order valence-electron chi connectivity index (χ3n) is 3.83. The summed E-state index contributed by atoms with van der Waals surface area (Å²) in [5.74, 6) is 0.463. The first-order valence-corrected chi connectivity index (χ1v) is 7.55. The van der Waals surface area contributed by atoms with E-state index in [0.29, 0.717) is 12.2 Å². The van der Waals surface area contributed by atoms with Gasteiger partial charge in [0.25, 0.3) is 0 Å². The largest absolute Gasteiger partial charge is 0.318 e. The summed E-state index contributed by atoms with van der Waals surface area (Å²) in [7, 11) is 1.81. The molecule has 2 rings (SSSR count). The van der Waals surface area contributed by atoms with Crippen LogP contribution in [-0.2, 0) is 11.8 Å². The lowest BCUT2D eigenvalue weighted by atomic mass is 9.96. The van der Waals surface area contributed by atoms with Crippen molar-refractivity contribution in [2.45, 2.75) is 39.2 Å². The molecule has 0 saturated carbocycles. The Hall–Kier alpha value is -1.85. The molecule has 0 spiro atoms. The van der Waals surface area contributed by atoms with Crippen LogP contribution >= 0.6 is 12.4 Å². The lowest BCUT2D eigenvalue weighted by Gasteiger charge is -2.22. The molecule has 0 radical (unpaired) electrons. The molecule has 1 heterocycles. The Kier molecular flexibility index (Phi) is 6.36. The third-order valence-corrected chi connectivity index (χ3v) is 3.83. The van der Waals surface area contributed by atoms with Gasteiger partial charge in [-0.25, -0.2) is 0 Å². The van der Waals surface area contributed by atoms with E-state index in [9.17, 15) is 4.79 Å². The average molecular weight is 337 g/mol. The molecule has 0 saturated heterocycles. The number of benzene rings is 1. The van der Waals surface area contributed by atoms with Crippen molar-refractivity contribution in [3.63, 3.8) is 0 Å². The number of nitrogens with zero attached hydrogens (tertiary/aromatic N) is 2. The van der Waals surface area contributed by atoms with E-state index in [-0.39, 0.29) is 18.3 Å². The van der Waals surface area contributed by atoms with Crippen molar-refractivity contribution in [3.8, 4) is 11.3 Å². The molecule has 3 N–H and O–H groups in total. The molecule has 6 heteroatoms. The fraction of sp³-hybridized carbons (Fsp3) is 0.412. The van der Waals surface area contributed by atoms with Crippen LogP contribution in [0.4, 0.5) is 5.82 Å². The second kappa shape index (κ2) is 7.62. The summed E-state index contributed by atoms with van der Waals surface area (Å²) >= 11 is 0. The molecule has 2 aromatic rings. The van der Waals surface area contributed by atoms with Crippen LogP contribution in [0.3, 0.4) is 0 Å². The Morgan fingerprint density at radius 3 is 2.65 bits per heavy atom. The smallest absolute Gasteiger partial charge is 0.245 e. The van der Waals surface area contributed by atoms with E-state index in [1.165, 1.54) is 0 Å². The number of aromatic nitrogens is 2. The minimum absolute atomic E-state index is 0. The van der Waals surface area contributed by atoms with Crippen LogP contribution in [0.5, 0.6) is 0 Å². The highest BCUT2D eigenvalue weighted by Crippen LogP contribution is 2.25. The molecular weight excluding hydrogens is 312 g/mol. The number of rotatable bonds is 5. The van der Waals surface area contributed by atoms with Crippen LogP contribution in [0, 0.1) is 6.92 Å². The van der Waals surface area contributed by atoms with Gasteiger partial charge in [0.15, 0.2) is 0 Å². The van der Waals surface area contributed by atoms with Gasteiger partial charge in [0, 0.05) is 18.7 Å². The number of nitrogens with one attached hydrogen (secondary N) is 1. The maximum atomic E-state index is 12.3. The van der Waals surface area contributed by atoms with Crippen molar-refractivity contribution < 1.29 is 4.79 Å². The van der Waals surface area contributed by atoms with E-state index in [1.807, 2.05) is 51.2 Å². The Morgan fingerprint density at radius 2 is 2.04 bits per heavy atom. The molecule has 23 heavy (non-hydrogen) atoms. The zero-order chi connectivity index (χ0) is 16.3. The van der Waals surface area contributed by atoms with Gasteiger partial charge in [-0.15, -0.1) is 12.4 Å². The predicted octanol–water partition coefficient (Wildman–Crippen LogP) is 3.27. The number of hydrogen-bond donors (Lipinski definition) is 2. The Labute approximate surface area is 143 Å². The van der Waals surface area contributed by atoms with E-state index in [1.54, 1.807) is 11.6 Å². The van der Waals surface area contributed by atoms with Crippen LogP contribution in [0.25, 0.3) is 11.3 Å². The quantitative estimate of drug-likeness (QED) is 0.880. The predicted molar refractivity (Wildman–Crippen MR) is 96.8 cm³/mol. The van der Waals surface area contributed by atoms with Crippen molar-refractivity contribution in [2.75, 3.05) is 5.32 Å². The minimum atomic E-state index is -0.873. The molecule has 0 aliphatic rings. The maximum Gasteiger partial charge on any atom is 0.245 e. The molecule has 5 nitrogen and oxygen atoms in total. The highest BCUT2D eigenvalue weighted by molar-refractivity contribution is 5.97. The van der Waals surface area contributed by atoms with Gasteiger partial charge in [-0.3, -0.25) is 9.48 Å². The van der Waals surface area contributed by atoms with E-state index in [0.717, 1.165) is 23.2 Å². The maximum absolute atomic E-state index is 12.3. The van der Waals surface area contributed by atoms with Gasteiger partial charge >= 0.3 is 0 Å². The second-order valence-electron chi connectivity index (χ2n) is 5.97. The zero-order valence-corrected chi connectivity index (χ0v) is 14.9. The molecule has 0 aliphatic carbocycles. The van der Waals surface area contributed by atoms with Gasteiger partial charge in [-0.1, -0.05) is 37.6 Å². The van der Waals surface area contributed by atoms with Crippen molar-refractivity contribution in [3.05, 3.63) is 35.9 Å². The summed E-state index contributed by atoms with van der Waals surface area (Å²) in [6, 6.07) is 9.92. The molecule has 1 aromatic heterocycles. The number of hydrogen-bond acceptors (Lipinski definition) is 3. The molecule has 0 fully saturated rings. The lowest BCUT2D eigenvalue weighted by molar-refractivity contribution is -0.120. The first kappa shape index (κ1) is 19.2. The molecule has 1 atom stereocenters. The van der Waals surface area contributed by atoms with Gasteiger partial charge in [-0.2, -0.15) is 5.10 Å². The summed E-state index contributed by atoms with van der Waals surface area (Å²) in [6.07, 6.45) is 1.50. The van der Waals surface area contributed by atoms with Crippen LogP contribution < -0.4 is 11.1 Å². The average Bonchev–Trinajstić information content (AvgIpc) is 2.80. The van der Waals surface area contributed by atoms with Gasteiger partial charge in [0.05, 0.1) is 11.2 Å². The van der Waals surface area contributed by atoms with Crippen molar-refractivity contribution in [1.29, 1.82) is 0 Å². The summed E-state index contributed by atoms with van der Waals surface area (Å²) in [5, 5.41) is 7.37. The van der Waals surface area contributed by atoms with E-state index >= 15 is 0 Å². The number of nitrogens with two attached hydrogens (primary N) is 1. The van der Waals surface area contributed by atoms with Crippen LogP contribution in [0.15, 0.2) is 30.3 Å². The van der Waals surface area contributed by atoms with E-state index in [2.05, 4.69) is 10.4 Å². The molecule has 126 valence electrons. The first-order valence-electron chi connectivity index (χ1n) is 7.55. The standard InChI is InChI=1S/C17H24N4O.ClH/c1-5-10-17(3,18)16(22)19-15-11-14(20-21(15)4)13-9-7-6-8-12(13)2;/h6-9,11H,5,10,18H2,1-4H3,(H,19,22);1H. The Balaban J connectivity index is 0.00000264. The van der Waals surface area contributed by atoms with Gasteiger partial charge in [-0.05, 0) is 25.8 Å². The third kappa shape index (κ3) is 4.33. The number of aryl methyl sites for hydroxylation is 2. The zero-order valence-electron chi connectivity index (χ0n) is 14.1. The molecular formula is C17H25ClN4O. The van der Waals surface area contributed by atoms with Crippen molar-refractivity contribution >= 4 is 24.1 Å². The van der Waals surface area contributed by atoms with Gasteiger partial charge in [0.1, 0.15) is 5.82 Å². The Morgan fingerprint density at radius 1 is 1.39 bits per heavy atom. The van der Waals surface area contributed by atoms with Gasteiger partial charge < -0.3 is 11.1 Å². The Bertz CT molecular complexity index is 679. The first-order chi connectivity index (χ1) is 10.3. The molecule has 0 aliphatic heterocycles. The number of halogens is 1. The number of amides is 1. The van der Waals surface area contributed by atoms with Crippen LogP contribution in [0.2, 0.25) is 0 Å². The second-order valence-corrected chi connectivity index (χ2v) is 5.97. The minimum Gasteiger partial charge on any atom is -0.318 e. The number of anilines is 1. The highest BCUT2D eigenvalue weighted by Gasteiger charge is 2.28. The fourth-order valence-corrected chi connectivity index (χ4v) is 2.47. The topological polar surface area (TPSA) is 72.9 Å². The van der Waals surface area contributed by atoms with Crippen LogP contribution in [-0.4, -0.2) is 21.2 Å². The lowest BCUT2D eigenvalue weighted by Crippen LogP contribution is -2.48. The highest BCUT2D eigenvalue weighted by atomic mass is 35.5. The SMILES string of the molecule is CCCC(C)(N)C(=O)Nc1cc(-c2ccccc2C)nn1C.Cl. The summed E-state index contributed by atoms with van der Waals surface area (Å²) in [4.78, 5) is 12.3. The van der Waals surface area contributed by atoms with E-state index < -0.39 is 5.54 Å². The van der Waals surface area contributed by atoms with Gasteiger partial charge in [0.2, 0.25) is 5.91 Å². The normalized spacial score (nSPS) is 13.1. The van der Waals surface area contributed by atoms with Crippen molar-refractivity contribution in [2.24, 2.45) is 12.8 Å². The molecule has 1 unspecified atom stereocenters. The number of carbonyl (C=O) groups is 1. The molecule has 1 amide bonds. The van der Waals surface area contributed by atoms with Crippen LogP contribution in [0.1, 0.15) is 32.3 Å². The van der Waals surface area contributed by atoms with Crippen molar-refractivity contribution in [1.82, 2.24) is 9.78 Å². The monoisotopic (exact) mass is 336 g/mol. The molecule has 0 bridgehead atoms. The van der Waals surface area contributed by atoms with E-state index in [4.69, 9.17) is 5.73 Å². The fourth-order valence-electron chi connectivity index (χ4n) is 2.47. The summed E-state index contributed by atoms with van der Waals surface area (Å²) in [5.41, 5.74) is 8.24. The molecule has 1 aromatic carbocycles.